The lowest BCUT2D eigenvalue weighted by molar-refractivity contribution is -0.150. The average molecular weight is 871 g/mol. The topological polar surface area (TPSA) is 101 Å². The molecule has 0 aromatic heterocycles. The van der Waals surface area contributed by atoms with Gasteiger partial charge in [0.25, 0.3) is 6.47 Å². The Balaban J connectivity index is 0. The molecule has 0 aliphatic heterocycles. The van der Waals surface area contributed by atoms with Crippen molar-refractivity contribution in [2.75, 3.05) is 53.1 Å². The van der Waals surface area contributed by atoms with Gasteiger partial charge in [-0.3, -0.25) is 19.3 Å². The minimum absolute atomic E-state index is 0.0301. The number of guanidine groups is 1. The first-order valence-electron chi connectivity index (χ1n) is 25.5. The van der Waals surface area contributed by atoms with E-state index in [0.29, 0.717) is 25.5 Å². The standard InChI is InChI=1S/C40H82N4O3S.C10H20O2/c1-7-10-13-16-20-25-31-38(32-26-21-17-14-11-8-2)47-39(45)33-27-22-19-24-29-36-44(35-28-23-18-15-12-9-3)37-30-34-41-40(43(4)5)42-48(6)46;1-2-3-4-5-6-7-8-9-12-10-11/h38H,7-37H2,1-6H3,(H,41,42);10H,2-9H2,1H3. The van der Waals surface area contributed by atoms with Crippen molar-refractivity contribution < 1.29 is 23.3 Å². The smallest absolute Gasteiger partial charge is 0.306 e. The molecule has 0 aliphatic carbocycles. The van der Waals surface area contributed by atoms with Gasteiger partial charge in [-0.1, -0.05) is 182 Å². The quantitative estimate of drug-likeness (QED) is 0.0214. The molecule has 0 amide bonds. The van der Waals surface area contributed by atoms with Gasteiger partial charge in [0.05, 0.1) is 6.61 Å². The van der Waals surface area contributed by atoms with Crippen LogP contribution in [0.2, 0.25) is 0 Å². The Labute approximate surface area is 376 Å². The van der Waals surface area contributed by atoms with Crippen LogP contribution in [0.1, 0.15) is 246 Å². The molecule has 1 atom stereocenters. The Hall–Kier alpha value is -1.68. The van der Waals surface area contributed by atoms with Crippen molar-refractivity contribution in [3.63, 3.8) is 0 Å². The van der Waals surface area contributed by atoms with Crippen LogP contribution < -0.4 is 4.72 Å². The molecule has 0 radical (unpaired) electrons. The van der Waals surface area contributed by atoms with Crippen LogP contribution in [-0.2, 0) is 30.0 Å². The second-order valence-electron chi connectivity index (χ2n) is 17.4. The number of carbonyl (C=O) groups excluding carboxylic acids is 2. The summed E-state index contributed by atoms with van der Waals surface area (Å²) in [5.74, 6) is 0.718. The second kappa shape index (κ2) is 50.0. The maximum atomic E-state index is 12.8. The number of nitrogens with zero attached hydrogens (tertiary/aromatic N) is 3. The second-order valence-corrected chi connectivity index (χ2v) is 18.6. The molecule has 10 heteroatoms. The van der Waals surface area contributed by atoms with Crippen molar-refractivity contribution in [3.8, 4) is 0 Å². The Morgan fingerprint density at radius 3 is 1.42 bits per heavy atom. The molecular weight excluding hydrogens is 769 g/mol. The van der Waals surface area contributed by atoms with Crippen LogP contribution in [-0.4, -0.2) is 91.7 Å². The van der Waals surface area contributed by atoms with Gasteiger partial charge < -0.3 is 19.3 Å². The first-order chi connectivity index (χ1) is 29.2. The first kappa shape index (κ1) is 60.4. The summed E-state index contributed by atoms with van der Waals surface area (Å²) >= 11 is 0. The predicted molar refractivity (Wildman–Crippen MR) is 261 cm³/mol. The van der Waals surface area contributed by atoms with E-state index in [1.54, 1.807) is 6.26 Å². The van der Waals surface area contributed by atoms with Gasteiger partial charge in [0.2, 0.25) is 5.96 Å². The molecule has 0 rings (SSSR count). The molecule has 1 unspecified atom stereocenters. The van der Waals surface area contributed by atoms with Gasteiger partial charge in [-0.05, 0) is 77.4 Å². The number of ether oxygens (including phenoxy) is 2. The van der Waals surface area contributed by atoms with E-state index in [0.717, 1.165) is 64.7 Å². The molecule has 0 bridgehead atoms. The summed E-state index contributed by atoms with van der Waals surface area (Å²) < 4.78 is 25.2. The van der Waals surface area contributed by atoms with E-state index in [-0.39, 0.29) is 12.1 Å². The largest absolute Gasteiger partial charge is 0.468 e. The van der Waals surface area contributed by atoms with E-state index >= 15 is 0 Å². The number of nitrogens with one attached hydrogen (secondary N) is 1. The fraction of sp³-hybridized carbons (Fsp3) is 0.940. The van der Waals surface area contributed by atoms with Crippen LogP contribution in [0.25, 0.3) is 0 Å². The third-order valence-electron chi connectivity index (χ3n) is 11.2. The van der Waals surface area contributed by atoms with Crippen molar-refractivity contribution in [2.45, 2.75) is 252 Å². The van der Waals surface area contributed by atoms with Gasteiger partial charge in [-0.25, -0.2) is 4.21 Å². The predicted octanol–water partition coefficient (Wildman–Crippen LogP) is 13.5. The fourth-order valence-corrected chi connectivity index (χ4v) is 7.97. The highest BCUT2D eigenvalue weighted by atomic mass is 32.2. The van der Waals surface area contributed by atoms with Gasteiger partial charge in [0.1, 0.15) is 17.1 Å². The Bertz CT molecular complexity index is 938. The Kier molecular flexibility index (Phi) is 50.3. The lowest BCUT2D eigenvalue weighted by atomic mass is 10.0. The fourth-order valence-electron chi connectivity index (χ4n) is 7.46. The molecule has 0 aromatic carbocycles. The first-order valence-corrected chi connectivity index (χ1v) is 27.1. The molecule has 358 valence electrons. The van der Waals surface area contributed by atoms with Gasteiger partial charge in [-0.2, -0.15) is 0 Å². The summed E-state index contributed by atoms with van der Waals surface area (Å²) in [5.41, 5.74) is 0. The van der Waals surface area contributed by atoms with Crippen LogP contribution in [0.3, 0.4) is 0 Å². The van der Waals surface area contributed by atoms with Crippen molar-refractivity contribution in [1.82, 2.24) is 14.5 Å². The van der Waals surface area contributed by atoms with Gasteiger partial charge in [0.15, 0.2) is 0 Å². The molecule has 60 heavy (non-hydrogen) atoms. The summed E-state index contributed by atoms with van der Waals surface area (Å²) in [6.07, 6.45) is 43.3. The minimum atomic E-state index is -1.12. The van der Waals surface area contributed by atoms with E-state index in [1.165, 1.54) is 173 Å². The highest BCUT2D eigenvalue weighted by Gasteiger charge is 2.14. The molecule has 9 nitrogen and oxygen atoms in total. The minimum Gasteiger partial charge on any atom is -0.468 e. The molecular formula is C50H102N4O5S. The zero-order valence-electron chi connectivity index (χ0n) is 41.0. The van der Waals surface area contributed by atoms with Crippen molar-refractivity contribution in [1.29, 1.82) is 0 Å². The van der Waals surface area contributed by atoms with E-state index in [4.69, 9.17) is 4.74 Å². The number of aliphatic imine (C=N–C) groups is 1. The summed E-state index contributed by atoms with van der Waals surface area (Å²) in [6.45, 7) is 14.2. The Morgan fingerprint density at radius 2 is 0.983 bits per heavy atom. The molecule has 0 saturated carbocycles. The monoisotopic (exact) mass is 871 g/mol. The summed E-state index contributed by atoms with van der Waals surface area (Å²) in [7, 11) is 2.74. The molecule has 0 aromatic rings. The zero-order chi connectivity index (χ0) is 44.6. The maximum absolute atomic E-state index is 12.8. The van der Waals surface area contributed by atoms with Crippen molar-refractivity contribution in [3.05, 3.63) is 0 Å². The lowest BCUT2D eigenvalue weighted by Gasteiger charge is -2.22. The summed E-state index contributed by atoms with van der Waals surface area (Å²) in [5, 5.41) is 0. The van der Waals surface area contributed by atoms with Gasteiger partial charge in [-0.15, -0.1) is 0 Å². The van der Waals surface area contributed by atoms with Crippen molar-refractivity contribution in [2.24, 2.45) is 4.99 Å². The zero-order valence-corrected chi connectivity index (χ0v) is 41.8. The number of hydrogen-bond donors (Lipinski definition) is 1. The summed E-state index contributed by atoms with van der Waals surface area (Å²) in [6, 6.07) is 0. The van der Waals surface area contributed by atoms with Crippen LogP contribution in [0.5, 0.6) is 0 Å². The SMILES string of the molecule is CCCCCCCCC(CCCCCCCC)OC(=O)CCCCCCCN(CCCCCCCC)CCCN=C(NS(C)=O)N(C)C.CCCCCCCCCOC=O. The van der Waals surface area contributed by atoms with E-state index in [9.17, 15) is 13.8 Å². The molecule has 0 spiro atoms. The van der Waals surface area contributed by atoms with Gasteiger partial charge in [0, 0.05) is 33.3 Å². The number of rotatable bonds is 44. The number of esters is 1. The Morgan fingerprint density at radius 1 is 0.583 bits per heavy atom. The molecule has 0 aliphatic rings. The van der Waals surface area contributed by atoms with E-state index in [2.05, 4.69) is 47.0 Å². The lowest BCUT2D eigenvalue weighted by Crippen LogP contribution is -2.37. The number of carbonyl (C=O) groups is 2. The molecule has 0 heterocycles. The van der Waals surface area contributed by atoms with Gasteiger partial charge >= 0.3 is 5.97 Å². The number of unbranched alkanes of at least 4 members (excludes halogenated alkanes) is 25. The third-order valence-corrected chi connectivity index (χ3v) is 11.7. The average Bonchev–Trinajstić information content (AvgIpc) is 3.22. The number of hydrogen-bond acceptors (Lipinski definition) is 7. The van der Waals surface area contributed by atoms with Crippen LogP contribution in [0.15, 0.2) is 4.99 Å². The van der Waals surface area contributed by atoms with Crippen LogP contribution in [0.4, 0.5) is 0 Å². The molecule has 0 fully saturated rings. The molecule has 0 saturated heterocycles. The summed E-state index contributed by atoms with van der Waals surface area (Å²) in [4.78, 5) is 31.7. The normalized spacial score (nSPS) is 12.1. The highest BCUT2D eigenvalue weighted by molar-refractivity contribution is 7.82. The van der Waals surface area contributed by atoms with E-state index < -0.39 is 11.0 Å². The third kappa shape index (κ3) is 47.4. The van der Waals surface area contributed by atoms with Crippen LogP contribution >= 0.6 is 0 Å². The van der Waals surface area contributed by atoms with Crippen molar-refractivity contribution >= 4 is 29.4 Å². The maximum Gasteiger partial charge on any atom is 0.306 e. The van der Waals surface area contributed by atoms with Crippen LogP contribution in [0, 0.1) is 0 Å². The molecule has 1 N–H and O–H groups in total. The highest BCUT2D eigenvalue weighted by Crippen LogP contribution is 2.18. The van der Waals surface area contributed by atoms with E-state index in [1.807, 2.05) is 19.0 Å².